The summed E-state index contributed by atoms with van der Waals surface area (Å²) in [5.41, 5.74) is 5.10. The Morgan fingerprint density at radius 1 is 1.36 bits per heavy atom. The van der Waals surface area contributed by atoms with E-state index in [0.29, 0.717) is 12.8 Å². The number of carbonyl (C=O) groups excluding carboxylic acids is 2. The minimum Gasteiger partial charge on any atom is -0.469 e. The third kappa shape index (κ3) is 2.42. The summed E-state index contributed by atoms with van der Waals surface area (Å²) in [6, 6.07) is 0. The lowest BCUT2D eigenvalue weighted by Crippen LogP contribution is -2.45. The highest BCUT2D eigenvalue weighted by molar-refractivity contribution is 5.91. The molecule has 1 aliphatic carbocycles. The molecule has 0 bridgehead atoms. The van der Waals surface area contributed by atoms with Gasteiger partial charge in [-0.25, -0.2) is 0 Å². The molecule has 0 heterocycles. The lowest BCUT2D eigenvalue weighted by atomic mass is 9.90. The molecule has 14 heavy (non-hydrogen) atoms. The highest BCUT2D eigenvalue weighted by Gasteiger charge is 2.33. The maximum atomic E-state index is 11.6. The first-order valence-corrected chi connectivity index (χ1v) is 4.62. The summed E-state index contributed by atoms with van der Waals surface area (Å²) in [6.45, 7) is 0. The number of methoxy groups -OCH3 is 1. The van der Waals surface area contributed by atoms with Gasteiger partial charge in [0.25, 0.3) is 0 Å². The molecule has 2 N–H and O–H groups in total. The van der Waals surface area contributed by atoms with Crippen molar-refractivity contribution in [2.24, 2.45) is 5.73 Å². The molecule has 4 heteroatoms. The zero-order valence-electron chi connectivity index (χ0n) is 8.29. The molecule has 0 saturated heterocycles. The Balaban J connectivity index is 2.38. The van der Waals surface area contributed by atoms with Crippen LogP contribution in [0.1, 0.15) is 25.7 Å². The Morgan fingerprint density at radius 3 is 2.43 bits per heavy atom. The van der Waals surface area contributed by atoms with E-state index < -0.39 is 5.54 Å². The van der Waals surface area contributed by atoms with Gasteiger partial charge < -0.3 is 10.5 Å². The molecule has 78 valence electrons. The van der Waals surface area contributed by atoms with Crippen molar-refractivity contribution >= 4 is 11.8 Å². The first-order chi connectivity index (χ1) is 6.58. The van der Waals surface area contributed by atoms with Crippen LogP contribution in [0.25, 0.3) is 0 Å². The number of ketones is 1. The third-order valence-corrected chi connectivity index (χ3v) is 2.47. The van der Waals surface area contributed by atoms with Crippen LogP contribution in [-0.4, -0.2) is 24.4 Å². The van der Waals surface area contributed by atoms with Crippen LogP contribution in [0.2, 0.25) is 0 Å². The third-order valence-electron chi connectivity index (χ3n) is 2.47. The zero-order chi connectivity index (χ0) is 10.6. The monoisotopic (exact) mass is 197 g/mol. The minimum absolute atomic E-state index is 0.0621. The fourth-order valence-corrected chi connectivity index (χ4v) is 1.46. The van der Waals surface area contributed by atoms with E-state index in [-0.39, 0.29) is 24.6 Å². The second-order valence-electron chi connectivity index (χ2n) is 3.54. The zero-order valence-corrected chi connectivity index (χ0v) is 8.29. The maximum Gasteiger partial charge on any atom is 0.305 e. The van der Waals surface area contributed by atoms with Crippen molar-refractivity contribution < 1.29 is 14.3 Å². The van der Waals surface area contributed by atoms with E-state index in [9.17, 15) is 9.59 Å². The van der Waals surface area contributed by atoms with Crippen molar-refractivity contribution in [3.8, 4) is 0 Å². The lowest BCUT2D eigenvalue weighted by Gasteiger charge is -2.21. The van der Waals surface area contributed by atoms with E-state index in [1.807, 2.05) is 12.2 Å². The molecule has 4 nitrogen and oxygen atoms in total. The molecule has 0 fully saturated rings. The van der Waals surface area contributed by atoms with E-state index in [1.165, 1.54) is 7.11 Å². The first-order valence-electron chi connectivity index (χ1n) is 4.62. The first kappa shape index (κ1) is 10.9. The Hall–Kier alpha value is -1.16. The molecule has 0 amide bonds. The van der Waals surface area contributed by atoms with Crippen LogP contribution in [0.4, 0.5) is 0 Å². The second-order valence-corrected chi connectivity index (χ2v) is 3.54. The highest BCUT2D eigenvalue weighted by atomic mass is 16.5. The molecule has 1 aliphatic rings. The summed E-state index contributed by atoms with van der Waals surface area (Å²) in [7, 11) is 1.31. The van der Waals surface area contributed by atoms with E-state index >= 15 is 0 Å². The molecule has 0 atom stereocenters. The second kappa shape index (κ2) is 4.37. The van der Waals surface area contributed by atoms with Crippen LogP contribution in [0.5, 0.6) is 0 Å². The average molecular weight is 197 g/mol. The van der Waals surface area contributed by atoms with Crippen LogP contribution in [0.3, 0.4) is 0 Å². The van der Waals surface area contributed by atoms with Crippen molar-refractivity contribution in [2.45, 2.75) is 31.2 Å². The predicted octanol–water partition coefficient (Wildman–Crippen LogP) is 0.556. The number of Topliss-reactive ketones (excluding diaryl/α,β-unsaturated/α-hetero) is 1. The summed E-state index contributed by atoms with van der Waals surface area (Å²) in [5.74, 6) is -0.430. The summed E-state index contributed by atoms with van der Waals surface area (Å²) in [6.07, 6.45) is 5.24. The number of carbonyl (C=O) groups is 2. The topological polar surface area (TPSA) is 69.4 Å². The molecule has 0 spiro atoms. The van der Waals surface area contributed by atoms with Crippen LogP contribution in [0.15, 0.2) is 12.2 Å². The van der Waals surface area contributed by atoms with Crippen LogP contribution in [-0.2, 0) is 14.3 Å². The SMILES string of the molecule is COC(=O)CCC(=O)C1(N)CC=CC1. The van der Waals surface area contributed by atoms with Crippen molar-refractivity contribution in [1.82, 2.24) is 0 Å². The standard InChI is InChI=1S/C10H15NO3/c1-14-9(13)5-4-8(12)10(11)6-2-3-7-10/h2-3H,4-7,11H2,1H3. The van der Waals surface area contributed by atoms with E-state index in [2.05, 4.69) is 4.74 Å². The quantitative estimate of drug-likeness (QED) is 0.528. The van der Waals surface area contributed by atoms with Crippen LogP contribution in [0, 0.1) is 0 Å². The maximum absolute atomic E-state index is 11.6. The van der Waals surface area contributed by atoms with E-state index in [0.717, 1.165) is 0 Å². The summed E-state index contributed by atoms with van der Waals surface area (Å²) < 4.78 is 4.45. The van der Waals surface area contributed by atoms with Gasteiger partial charge in [-0.15, -0.1) is 0 Å². The number of hydrogen-bond acceptors (Lipinski definition) is 4. The lowest BCUT2D eigenvalue weighted by molar-refractivity contribution is -0.142. The van der Waals surface area contributed by atoms with Gasteiger partial charge in [0, 0.05) is 6.42 Å². The van der Waals surface area contributed by atoms with Gasteiger partial charge in [-0.05, 0) is 12.8 Å². The normalized spacial score (nSPS) is 18.1. The Labute approximate surface area is 83.1 Å². The van der Waals surface area contributed by atoms with Gasteiger partial charge in [-0.1, -0.05) is 12.2 Å². The van der Waals surface area contributed by atoms with Gasteiger partial charge in [0.15, 0.2) is 5.78 Å². The van der Waals surface area contributed by atoms with Crippen LogP contribution < -0.4 is 5.73 Å². The fraction of sp³-hybridized carbons (Fsp3) is 0.600. The minimum atomic E-state index is -0.770. The highest BCUT2D eigenvalue weighted by Crippen LogP contribution is 2.23. The van der Waals surface area contributed by atoms with Gasteiger partial charge in [0.1, 0.15) is 0 Å². The van der Waals surface area contributed by atoms with Crippen molar-refractivity contribution in [1.29, 1.82) is 0 Å². The van der Waals surface area contributed by atoms with Crippen molar-refractivity contribution in [2.75, 3.05) is 7.11 Å². The molecule has 0 saturated carbocycles. The molecular weight excluding hydrogens is 182 g/mol. The van der Waals surface area contributed by atoms with Crippen molar-refractivity contribution in [3.63, 3.8) is 0 Å². The fourth-order valence-electron chi connectivity index (χ4n) is 1.46. The van der Waals surface area contributed by atoms with Gasteiger partial charge >= 0.3 is 5.97 Å². The predicted molar refractivity (Wildman–Crippen MR) is 51.5 cm³/mol. The Bertz CT molecular complexity index is 263. The molecular formula is C10H15NO3. The van der Waals surface area contributed by atoms with E-state index in [1.54, 1.807) is 0 Å². The largest absolute Gasteiger partial charge is 0.469 e. The number of esters is 1. The van der Waals surface area contributed by atoms with E-state index in [4.69, 9.17) is 5.73 Å². The smallest absolute Gasteiger partial charge is 0.305 e. The number of rotatable bonds is 4. The molecule has 1 rings (SSSR count). The number of nitrogens with two attached hydrogens (primary N) is 1. The molecule has 0 radical (unpaired) electrons. The Morgan fingerprint density at radius 2 is 1.93 bits per heavy atom. The Kier molecular flexibility index (Phi) is 3.41. The summed E-state index contributed by atoms with van der Waals surface area (Å²) in [5, 5.41) is 0. The van der Waals surface area contributed by atoms with Gasteiger partial charge in [0.05, 0.1) is 19.1 Å². The van der Waals surface area contributed by atoms with Gasteiger partial charge in [0.2, 0.25) is 0 Å². The molecule has 0 aromatic rings. The molecule has 0 unspecified atom stereocenters. The van der Waals surface area contributed by atoms with Crippen molar-refractivity contribution in [3.05, 3.63) is 12.2 Å². The number of ether oxygens (including phenoxy) is 1. The average Bonchev–Trinajstić information content (AvgIpc) is 2.62. The number of hydrogen-bond donors (Lipinski definition) is 1. The molecule has 0 aromatic heterocycles. The summed E-state index contributed by atoms with van der Waals surface area (Å²) >= 11 is 0. The van der Waals surface area contributed by atoms with Crippen LogP contribution >= 0.6 is 0 Å². The molecule has 0 aliphatic heterocycles. The summed E-state index contributed by atoms with van der Waals surface area (Å²) in [4.78, 5) is 22.4. The molecule has 0 aromatic carbocycles. The van der Waals surface area contributed by atoms with Gasteiger partial charge in [-0.2, -0.15) is 0 Å². The van der Waals surface area contributed by atoms with Gasteiger partial charge in [-0.3, -0.25) is 9.59 Å².